The highest BCUT2D eigenvalue weighted by molar-refractivity contribution is 9.10. The Morgan fingerprint density at radius 1 is 1.15 bits per heavy atom. The number of halogens is 1. The van der Waals surface area contributed by atoms with E-state index in [0.29, 0.717) is 42.9 Å². The van der Waals surface area contributed by atoms with Crippen LogP contribution in [-0.2, 0) is 4.79 Å². The molecule has 178 valence electrons. The Morgan fingerprint density at radius 2 is 1.91 bits per heavy atom. The number of hydrogen-bond donors (Lipinski definition) is 4. The van der Waals surface area contributed by atoms with Crippen LogP contribution in [0.1, 0.15) is 39.5 Å². The Bertz CT molecular complexity index is 948. The molecule has 2 aromatic rings. The lowest BCUT2D eigenvalue weighted by molar-refractivity contribution is -0.121. The molecule has 1 aliphatic rings. The molecule has 1 aliphatic heterocycles. The third-order valence-corrected chi connectivity index (χ3v) is 5.65. The van der Waals surface area contributed by atoms with Crippen LogP contribution in [0, 0.1) is 5.92 Å². The first-order valence-electron chi connectivity index (χ1n) is 11.4. The average molecular weight is 518 g/mol. The van der Waals surface area contributed by atoms with Crippen molar-refractivity contribution in [2.75, 3.05) is 42.1 Å². The number of hydrogen-bond acceptors (Lipinski definition) is 6. The van der Waals surface area contributed by atoms with Crippen LogP contribution in [0.15, 0.2) is 34.9 Å². The number of urea groups is 1. The maximum absolute atomic E-state index is 12.3. The number of nitrogens with zero attached hydrogens (tertiary/aromatic N) is 3. The minimum atomic E-state index is -0.0728. The quantitative estimate of drug-likeness (QED) is 0.343. The van der Waals surface area contributed by atoms with Crippen LogP contribution < -0.4 is 21.3 Å². The lowest BCUT2D eigenvalue weighted by atomic mass is 10.1. The van der Waals surface area contributed by atoms with Gasteiger partial charge in [0.05, 0.1) is 4.47 Å². The first-order chi connectivity index (χ1) is 15.9. The van der Waals surface area contributed by atoms with E-state index in [4.69, 9.17) is 0 Å². The molecule has 0 aliphatic carbocycles. The van der Waals surface area contributed by atoms with E-state index in [9.17, 15) is 9.59 Å². The molecular weight excluding hydrogens is 486 g/mol. The fourth-order valence-corrected chi connectivity index (χ4v) is 3.78. The van der Waals surface area contributed by atoms with Crippen molar-refractivity contribution >= 4 is 51.0 Å². The van der Waals surface area contributed by atoms with E-state index in [1.165, 1.54) is 0 Å². The van der Waals surface area contributed by atoms with Crippen molar-refractivity contribution in [2.24, 2.45) is 5.92 Å². The summed E-state index contributed by atoms with van der Waals surface area (Å²) in [7, 11) is 0. The van der Waals surface area contributed by atoms with E-state index in [2.05, 4.69) is 47.2 Å². The third-order valence-electron chi connectivity index (χ3n) is 5.07. The van der Waals surface area contributed by atoms with Crippen LogP contribution in [0.2, 0.25) is 0 Å². The van der Waals surface area contributed by atoms with Gasteiger partial charge in [-0.1, -0.05) is 19.9 Å². The summed E-state index contributed by atoms with van der Waals surface area (Å²) >= 11 is 3.47. The number of carbonyl (C=O) groups excluding carboxylic acids is 2. The fraction of sp³-hybridized carbons (Fsp3) is 0.478. The van der Waals surface area contributed by atoms with E-state index in [1.807, 2.05) is 43.0 Å². The highest BCUT2D eigenvalue weighted by Crippen LogP contribution is 2.23. The van der Waals surface area contributed by atoms with E-state index in [0.717, 1.165) is 42.5 Å². The van der Waals surface area contributed by atoms with Crippen molar-refractivity contribution < 1.29 is 9.59 Å². The van der Waals surface area contributed by atoms with Gasteiger partial charge in [-0.15, -0.1) is 0 Å². The number of aromatic nitrogens is 2. The lowest BCUT2D eigenvalue weighted by Crippen LogP contribution is -2.32. The van der Waals surface area contributed by atoms with Gasteiger partial charge in [-0.05, 0) is 59.3 Å². The molecule has 1 aromatic heterocycles. The first-order valence-corrected chi connectivity index (χ1v) is 12.2. The van der Waals surface area contributed by atoms with Gasteiger partial charge in [0.15, 0.2) is 0 Å². The van der Waals surface area contributed by atoms with Gasteiger partial charge in [0.25, 0.3) is 0 Å². The summed E-state index contributed by atoms with van der Waals surface area (Å²) in [6.07, 6.45) is 5.12. The summed E-state index contributed by atoms with van der Waals surface area (Å²) in [6.45, 7) is 6.94. The predicted octanol–water partition coefficient (Wildman–Crippen LogP) is 4.57. The topological polar surface area (TPSA) is 111 Å². The number of amides is 3. The second-order valence-electron chi connectivity index (χ2n) is 8.45. The third kappa shape index (κ3) is 8.20. The summed E-state index contributed by atoms with van der Waals surface area (Å²) in [5.74, 6) is 1.54. The van der Waals surface area contributed by atoms with Crippen LogP contribution in [0.4, 0.5) is 27.9 Å². The molecule has 3 amide bonds. The fourth-order valence-electron chi connectivity index (χ4n) is 3.44. The molecule has 0 saturated carbocycles. The smallest absolute Gasteiger partial charge is 0.321 e. The molecule has 1 saturated heterocycles. The lowest BCUT2D eigenvalue weighted by Gasteiger charge is -2.16. The van der Waals surface area contributed by atoms with Gasteiger partial charge in [0, 0.05) is 50.2 Å². The Morgan fingerprint density at radius 3 is 2.67 bits per heavy atom. The van der Waals surface area contributed by atoms with Crippen molar-refractivity contribution in [1.82, 2.24) is 20.2 Å². The summed E-state index contributed by atoms with van der Waals surface area (Å²) in [6, 6.07) is 7.40. The molecule has 3 rings (SSSR count). The molecule has 10 heteroatoms. The second-order valence-corrected chi connectivity index (χ2v) is 9.30. The highest BCUT2D eigenvalue weighted by Gasteiger charge is 2.17. The first kappa shape index (κ1) is 24.8. The minimum Gasteiger partial charge on any atom is -0.369 e. The molecular formula is C23H32BrN7O2. The van der Waals surface area contributed by atoms with Crippen molar-refractivity contribution in [3.05, 3.63) is 34.9 Å². The van der Waals surface area contributed by atoms with Crippen LogP contribution in [0.3, 0.4) is 0 Å². The molecule has 0 unspecified atom stereocenters. The molecule has 33 heavy (non-hydrogen) atoms. The number of nitrogens with one attached hydrogen (secondary N) is 4. The van der Waals surface area contributed by atoms with Gasteiger partial charge in [-0.25, -0.2) is 9.78 Å². The SMILES string of the molecule is CC(C)CC(=O)NCCCNc1nc(Nc2cccc(NC(=O)N3CCCC3)c2)ncc1Br. The zero-order chi connectivity index (χ0) is 23.6. The van der Waals surface area contributed by atoms with E-state index >= 15 is 0 Å². The molecule has 4 N–H and O–H groups in total. The highest BCUT2D eigenvalue weighted by atomic mass is 79.9. The predicted molar refractivity (Wildman–Crippen MR) is 135 cm³/mol. The Kier molecular flexibility index (Phi) is 9.29. The molecule has 0 radical (unpaired) electrons. The van der Waals surface area contributed by atoms with Crippen LogP contribution in [0.25, 0.3) is 0 Å². The van der Waals surface area contributed by atoms with Crippen molar-refractivity contribution in [1.29, 1.82) is 0 Å². The maximum atomic E-state index is 12.3. The second kappa shape index (κ2) is 12.4. The van der Waals surface area contributed by atoms with E-state index in [1.54, 1.807) is 6.20 Å². The molecule has 9 nitrogen and oxygen atoms in total. The largest absolute Gasteiger partial charge is 0.369 e. The molecule has 0 spiro atoms. The minimum absolute atomic E-state index is 0.0728. The van der Waals surface area contributed by atoms with E-state index < -0.39 is 0 Å². The zero-order valence-electron chi connectivity index (χ0n) is 19.2. The standard InChI is InChI=1S/C23H32BrN7O2/c1-16(2)13-20(32)25-9-6-10-26-21-19(24)15-27-22(30-21)28-17-7-5-8-18(14-17)29-23(33)31-11-3-4-12-31/h5,7-8,14-16H,3-4,6,9-13H2,1-2H3,(H,25,32)(H,29,33)(H2,26,27,28,30). The van der Waals surface area contributed by atoms with Gasteiger partial charge >= 0.3 is 6.03 Å². The van der Waals surface area contributed by atoms with Gasteiger partial charge in [-0.2, -0.15) is 4.98 Å². The number of benzene rings is 1. The number of anilines is 4. The number of carbonyl (C=O) groups is 2. The Hall–Kier alpha value is -2.88. The van der Waals surface area contributed by atoms with Crippen LogP contribution in [0.5, 0.6) is 0 Å². The number of likely N-dealkylation sites (tertiary alicyclic amines) is 1. The van der Waals surface area contributed by atoms with Crippen LogP contribution >= 0.6 is 15.9 Å². The molecule has 0 bridgehead atoms. The Balaban J connectivity index is 1.51. The molecule has 2 heterocycles. The van der Waals surface area contributed by atoms with Gasteiger partial charge in [0.2, 0.25) is 11.9 Å². The van der Waals surface area contributed by atoms with Crippen LogP contribution in [-0.4, -0.2) is 53.0 Å². The Labute approximate surface area is 203 Å². The van der Waals surface area contributed by atoms with Crippen molar-refractivity contribution in [3.8, 4) is 0 Å². The maximum Gasteiger partial charge on any atom is 0.321 e. The normalized spacial score (nSPS) is 13.2. The van der Waals surface area contributed by atoms with Crippen molar-refractivity contribution in [3.63, 3.8) is 0 Å². The van der Waals surface area contributed by atoms with E-state index in [-0.39, 0.29) is 11.9 Å². The molecule has 1 fully saturated rings. The van der Waals surface area contributed by atoms with Gasteiger partial charge < -0.3 is 26.2 Å². The molecule has 0 atom stereocenters. The summed E-state index contributed by atoms with van der Waals surface area (Å²) in [4.78, 5) is 34.7. The van der Waals surface area contributed by atoms with Gasteiger partial charge in [-0.3, -0.25) is 4.79 Å². The molecule has 1 aromatic carbocycles. The average Bonchev–Trinajstić information content (AvgIpc) is 3.30. The van der Waals surface area contributed by atoms with Gasteiger partial charge in [0.1, 0.15) is 5.82 Å². The monoisotopic (exact) mass is 517 g/mol. The zero-order valence-corrected chi connectivity index (χ0v) is 20.7. The summed E-state index contributed by atoms with van der Waals surface area (Å²) in [5, 5.41) is 12.3. The van der Waals surface area contributed by atoms with Crippen molar-refractivity contribution in [2.45, 2.75) is 39.5 Å². The number of rotatable bonds is 10. The summed E-state index contributed by atoms with van der Waals surface area (Å²) < 4.78 is 0.753. The summed E-state index contributed by atoms with van der Waals surface area (Å²) in [5.41, 5.74) is 1.49.